The number of sulfone groups is 1. The van der Waals surface area contributed by atoms with E-state index < -0.39 is 15.9 Å². The zero-order valence-electron chi connectivity index (χ0n) is 7.51. The normalized spacial score (nSPS) is 14.4. The van der Waals surface area contributed by atoms with Crippen molar-refractivity contribution in [1.29, 1.82) is 0 Å². The molecule has 0 radical (unpaired) electrons. The minimum Gasteiger partial charge on any atom is -0.387 e. The van der Waals surface area contributed by atoms with Crippen molar-refractivity contribution in [3.63, 3.8) is 0 Å². The van der Waals surface area contributed by atoms with Crippen molar-refractivity contribution >= 4 is 9.84 Å². The van der Waals surface area contributed by atoms with Gasteiger partial charge in [0.15, 0.2) is 0 Å². The number of aryl methyl sites for hydroxylation is 1. The molecule has 1 aromatic rings. The number of aliphatic hydroxyl groups is 1. The van der Waals surface area contributed by atoms with Crippen LogP contribution in [0.3, 0.4) is 0 Å². The number of rotatable bonds is 3. The van der Waals surface area contributed by atoms with Crippen molar-refractivity contribution in [3.05, 3.63) is 18.0 Å². The monoisotopic (exact) mass is 204 g/mol. The summed E-state index contributed by atoms with van der Waals surface area (Å²) in [6.45, 7) is 0. The predicted octanol–water partition coefficient (Wildman–Crippen LogP) is -0.502. The first-order valence-electron chi connectivity index (χ1n) is 3.73. The van der Waals surface area contributed by atoms with Crippen molar-refractivity contribution < 1.29 is 13.5 Å². The summed E-state index contributed by atoms with van der Waals surface area (Å²) in [5, 5.41) is 13.3. The number of hydrogen-bond donors (Lipinski definition) is 1. The van der Waals surface area contributed by atoms with Gasteiger partial charge in [0, 0.05) is 25.1 Å². The van der Waals surface area contributed by atoms with Gasteiger partial charge in [-0.2, -0.15) is 5.10 Å². The Kier molecular flexibility index (Phi) is 2.72. The summed E-state index contributed by atoms with van der Waals surface area (Å²) in [6.07, 6.45) is 3.15. The summed E-state index contributed by atoms with van der Waals surface area (Å²) < 4.78 is 23.2. The molecule has 0 bridgehead atoms. The number of aliphatic hydroxyl groups excluding tert-OH is 1. The van der Waals surface area contributed by atoms with Crippen LogP contribution in [-0.4, -0.2) is 35.3 Å². The van der Waals surface area contributed by atoms with Gasteiger partial charge in [-0.3, -0.25) is 4.68 Å². The highest BCUT2D eigenvalue weighted by molar-refractivity contribution is 7.90. The second-order valence-corrected chi connectivity index (χ2v) is 5.24. The lowest BCUT2D eigenvalue weighted by molar-refractivity contribution is 0.202. The van der Waals surface area contributed by atoms with E-state index in [1.807, 2.05) is 0 Å². The molecular weight excluding hydrogens is 192 g/mol. The van der Waals surface area contributed by atoms with Crippen LogP contribution in [0.5, 0.6) is 0 Å². The summed E-state index contributed by atoms with van der Waals surface area (Å²) in [5.74, 6) is -0.265. The molecule has 1 heterocycles. The highest BCUT2D eigenvalue weighted by Crippen LogP contribution is 2.12. The first-order chi connectivity index (χ1) is 5.88. The van der Waals surface area contributed by atoms with Crippen molar-refractivity contribution in [3.8, 4) is 0 Å². The van der Waals surface area contributed by atoms with Gasteiger partial charge in [0.05, 0.1) is 18.1 Å². The third-order valence-electron chi connectivity index (χ3n) is 1.57. The van der Waals surface area contributed by atoms with Crippen LogP contribution in [0.2, 0.25) is 0 Å². The Balaban J connectivity index is 2.75. The van der Waals surface area contributed by atoms with Crippen LogP contribution in [-0.2, 0) is 16.9 Å². The van der Waals surface area contributed by atoms with E-state index >= 15 is 0 Å². The van der Waals surface area contributed by atoms with Crippen molar-refractivity contribution in [2.45, 2.75) is 6.10 Å². The van der Waals surface area contributed by atoms with Gasteiger partial charge >= 0.3 is 0 Å². The van der Waals surface area contributed by atoms with Crippen LogP contribution in [0.15, 0.2) is 12.4 Å². The van der Waals surface area contributed by atoms with E-state index in [-0.39, 0.29) is 5.75 Å². The van der Waals surface area contributed by atoms with Crippen LogP contribution >= 0.6 is 0 Å². The van der Waals surface area contributed by atoms with E-state index in [0.29, 0.717) is 5.56 Å². The van der Waals surface area contributed by atoms with Gasteiger partial charge in [0.2, 0.25) is 0 Å². The molecule has 0 spiro atoms. The topological polar surface area (TPSA) is 72.2 Å². The smallest absolute Gasteiger partial charge is 0.150 e. The maximum Gasteiger partial charge on any atom is 0.150 e. The molecule has 1 rings (SSSR count). The number of nitrogens with zero attached hydrogens (tertiary/aromatic N) is 2. The molecule has 5 nitrogen and oxygen atoms in total. The highest BCUT2D eigenvalue weighted by atomic mass is 32.2. The van der Waals surface area contributed by atoms with Crippen LogP contribution < -0.4 is 0 Å². The molecule has 0 aromatic carbocycles. The Morgan fingerprint density at radius 1 is 1.69 bits per heavy atom. The van der Waals surface area contributed by atoms with E-state index in [1.54, 1.807) is 13.2 Å². The summed E-state index contributed by atoms with van der Waals surface area (Å²) in [5.41, 5.74) is 0.521. The average Bonchev–Trinajstić information content (AvgIpc) is 2.31. The molecular formula is C7H12N2O3S. The Labute approximate surface area is 76.9 Å². The van der Waals surface area contributed by atoms with Crippen LogP contribution in [0.4, 0.5) is 0 Å². The van der Waals surface area contributed by atoms with Gasteiger partial charge in [-0.25, -0.2) is 8.42 Å². The Hall–Kier alpha value is -0.880. The minimum absolute atomic E-state index is 0.265. The molecule has 1 aromatic heterocycles. The second-order valence-electron chi connectivity index (χ2n) is 3.06. The summed E-state index contributed by atoms with van der Waals surface area (Å²) in [7, 11) is -1.44. The van der Waals surface area contributed by atoms with E-state index in [0.717, 1.165) is 6.26 Å². The second kappa shape index (κ2) is 3.47. The van der Waals surface area contributed by atoms with Crippen molar-refractivity contribution in [1.82, 2.24) is 9.78 Å². The fourth-order valence-corrected chi connectivity index (χ4v) is 1.76. The molecule has 1 N–H and O–H groups in total. The summed E-state index contributed by atoms with van der Waals surface area (Å²) >= 11 is 0. The number of aromatic nitrogens is 2. The third kappa shape index (κ3) is 3.16. The minimum atomic E-state index is -3.15. The van der Waals surface area contributed by atoms with Gasteiger partial charge in [0.25, 0.3) is 0 Å². The summed E-state index contributed by atoms with van der Waals surface area (Å²) in [4.78, 5) is 0. The standard InChI is InChI=1S/C7H12N2O3S/c1-9-4-6(3-8-9)7(10)5-13(2,11)12/h3-4,7,10H,5H2,1-2H3. The molecule has 1 unspecified atom stereocenters. The zero-order chi connectivity index (χ0) is 10.1. The molecule has 1 atom stereocenters. The highest BCUT2D eigenvalue weighted by Gasteiger charge is 2.15. The first-order valence-corrected chi connectivity index (χ1v) is 5.79. The predicted molar refractivity (Wildman–Crippen MR) is 47.9 cm³/mol. The Bertz CT molecular complexity index is 382. The molecule has 0 fully saturated rings. The van der Waals surface area contributed by atoms with Gasteiger partial charge in [0.1, 0.15) is 9.84 Å². The number of hydrogen-bond acceptors (Lipinski definition) is 4. The molecule has 6 heteroatoms. The largest absolute Gasteiger partial charge is 0.387 e. The van der Waals surface area contributed by atoms with Crippen molar-refractivity contribution in [2.24, 2.45) is 7.05 Å². The Morgan fingerprint density at radius 2 is 2.31 bits per heavy atom. The summed E-state index contributed by atoms with van der Waals surface area (Å²) in [6, 6.07) is 0. The van der Waals surface area contributed by atoms with Gasteiger partial charge in [-0.15, -0.1) is 0 Å². The maximum atomic E-state index is 10.8. The lowest BCUT2D eigenvalue weighted by Crippen LogP contribution is -2.12. The molecule has 0 aliphatic carbocycles. The van der Waals surface area contributed by atoms with Crippen LogP contribution in [0.25, 0.3) is 0 Å². The molecule has 0 saturated carbocycles. The van der Waals surface area contributed by atoms with E-state index in [1.165, 1.54) is 10.9 Å². The fraction of sp³-hybridized carbons (Fsp3) is 0.571. The lowest BCUT2D eigenvalue weighted by atomic mass is 10.2. The average molecular weight is 204 g/mol. The lowest BCUT2D eigenvalue weighted by Gasteiger charge is -2.05. The molecule has 0 amide bonds. The molecule has 0 aliphatic rings. The maximum absolute atomic E-state index is 10.8. The van der Waals surface area contributed by atoms with Crippen LogP contribution in [0.1, 0.15) is 11.7 Å². The zero-order valence-corrected chi connectivity index (χ0v) is 8.32. The Morgan fingerprint density at radius 3 is 2.69 bits per heavy atom. The van der Waals surface area contributed by atoms with E-state index in [4.69, 9.17) is 0 Å². The fourth-order valence-electron chi connectivity index (χ4n) is 0.995. The molecule has 0 aliphatic heterocycles. The quantitative estimate of drug-likeness (QED) is 0.720. The third-order valence-corrected chi connectivity index (χ3v) is 2.49. The molecule has 0 saturated heterocycles. The van der Waals surface area contributed by atoms with E-state index in [9.17, 15) is 13.5 Å². The van der Waals surface area contributed by atoms with Gasteiger partial charge in [-0.1, -0.05) is 0 Å². The SMILES string of the molecule is Cn1cc(C(O)CS(C)(=O)=O)cn1. The van der Waals surface area contributed by atoms with Gasteiger partial charge < -0.3 is 5.11 Å². The molecule has 74 valence electrons. The molecule has 13 heavy (non-hydrogen) atoms. The van der Waals surface area contributed by atoms with E-state index in [2.05, 4.69) is 5.10 Å². The van der Waals surface area contributed by atoms with Gasteiger partial charge in [-0.05, 0) is 0 Å². The van der Waals surface area contributed by atoms with Crippen LogP contribution in [0, 0.1) is 0 Å². The van der Waals surface area contributed by atoms with Crippen molar-refractivity contribution in [2.75, 3.05) is 12.0 Å². The first kappa shape index (κ1) is 10.2.